The number of rotatable bonds is 3. The molecule has 0 aromatic heterocycles. The third kappa shape index (κ3) is 5.72. The molecule has 4 heteroatoms. The van der Waals surface area contributed by atoms with Crippen molar-refractivity contribution >= 4 is 36.0 Å². The second kappa shape index (κ2) is 10.3. The Labute approximate surface area is 150 Å². The Morgan fingerprint density at radius 2 is 2.00 bits per heavy atom. The van der Waals surface area contributed by atoms with Crippen molar-refractivity contribution in [3.8, 4) is 12.3 Å². The second-order valence-electron chi connectivity index (χ2n) is 5.07. The highest BCUT2D eigenvalue weighted by atomic mass is 127. The largest absolute Gasteiger partial charge is 0.356 e. The monoisotopic (exact) mass is 409 g/mol. The molecule has 3 nitrogen and oxygen atoms in total. The molecule has 118 valence electrons. The van der Waals surface area contributed by atoms with Crippen molar-refractivity contribution in [2.45, 2.75) is 19.8 Å². The summed E-state index contributed by atoms with van der Waals surface area (Å²) in [6, 6.07) is 10.5. The average molecular weight is 409 g/mol. The third-order valence-electron chi connectivity index (χ3n) is 3.53. The van der Waals surface area contributed by atoms with Crippen molar-refractivity contribution in [2.75, 3.05) is 26.2 Å². The Morgan fingerprint density at radius 1 is 1.32 bits per heavy atom. The van der Waals surface area contributed by atoms with Crippen molar-refractivity contribution in [1.29, 1.82) is 0 Å². The molecular formula is C18H24IN3. The van der Waals surface area contributed by atoms with Gasteiger partial charge in [-0.2, -0.15) is 0 Å². The van der Waals surface area contributed by atoms with Gasteiger partial charge in [-0.15, -0.1) is 30.4 Å². The normalized spacial score (nSPS) is 14.8. The zero-order valence-electron chi connectivity index (χ0n) is 13.1. The van der Waals surface area contributed by atoms with E-state index in [4.69, 9.17) is 6.42 Å². The van der Waals surface area contributed by atoms with Gasteiger partial charge in [-0.3, -0.25) is 0 Å². The van der Waals surface area contributed by atoms with Crippen LogP contribution in [0.1, 0.15) is 25.3 Å². The highest BCUT2D eigenvalue weighted by molar-refractivity contribution is 14.0. The molecule has 1 heterocycles. The molecule has 0 radical (unpaired) electrons. The Balaban J connectivity index is 0.00000242. The SMILES string of the molecule is C#CCN=C(NCC)N1CCC(=Cc2ccccc2)CC1.I. The Morgan fingerprint density at radius 3 is 2.59 bits per heavy atom. The fraction of sp³-hybridized carbons (Fsp3) is 0.389. The molecule has 22 heavy (non-hydrogen) atoms. The van der Waals surface area contributed by atoms with Crippen LogP contribution in [-0.2, 0) is 0 Å². The Hall–Kier alpha value is -1.48. The molecule has 0 bridgehead atoms. The number of nitrogens with one attached hydrogen (secondary N) is 1. The first-order chi connectivity index (χ1) is 10.3. The molecule has 1 aromatic rings. The molecule has 0 amide bonds. The average Bonchev–Trinajstić information content (AvgIpc) is 2.53. The van der Waals surface area contributed by atoms with Crippen LogP contribution in [0.3, 0.4) is 0 Å². The molecular weight excluding hydrogens is 385 g/mol. The van der Waals surface area contributed by atoms with E-state index in [1.807, 2.05) is 0 Å². The van der Waals surface area contributed by atoms with Crippen LogP contribution in [-0.4, -0.2) is 37.0 Å². The molecule has 1 aliphatic heterocycles. The summed E-state index contributed by atoms with van der Waals surface area (Å²) < 4.78 is 0. The van der Waals surface area contributed by atoms with E-state index >= 15 is 0 Å². The first-order valence-electron chi connectivity index (χ1n) is 7.54. The van der Waals surface area contributed by atoms with Gasteiger partial charge in [0.15, 0.2) is 5.96 Å². The summed E-state index contributed by atoms with van der Waals surface area (Å²) in [4.78, 5) is 6.74. The second-order valence-corrected chi connectivity index (χ2v) is 5.07. The van der Waals surface area contributed by atoms with E-state index in [0.717, 1.165) is 38.4 Å². The number of nitrogens with zero attached hydrogens (tertiary/aromatic N) is 2. The quantitative estimate of drug-likeness (QED) is 0.359. The fourth-order valence-electron chi connectivity index (χ4n) is 2.48. The lowest BCUT2D eigenvalue weighted by Crippen LogP contribution is -2.44. The highest BCUT2D eigenvalue weighted by Crippen LogP contribution is 2.19. The van der Waals surface area contributed by atoms with Gasteiger partial charge in [0, 0.05) is 19.6 Å². The summed E-state index contributed by atoms with van der Waals surface area (Å²) in [6.07, 6.45) is 9.76. The minimum Gasteiger partial charge on any atom is -0.356 e. The molecule has 1 aromatic carbocycles. The molecule has 1 saturated heterocycles. The summed E-state index contributed by atoms with van der Waals surface area (Å²) in [5, 5.41) is 3.31. The van der Waals surface area contributed by atoms with Gasteiger partial charge in [-0.05, 0) is 25.3 Å². The van der Waals surface area contributed by atoms with E-state index < -0.39 is 0 Å². The van der Waals surface area contributed by atoms with Crippen molar-refractivity contribution in [2.24, 2.45) is 4.99 Å². The molecule has 0 unspecified atom stereocenters. The van der Waals surface area contributed by atoms with Gasteiger partial charge >= 0.3 is 0 Å². The lowest BCUT2D eigenvalue weighted by atomic mass is 10.0. The Bertz CT molecular complexity index is 533. The number of halogens is 1. The zero-order chi connectivity index (χ0) is 14.9. The molecule has 0 saturated carbocycles. The maximum atomic E-state index is 5.30. The summed E-state index contributed by atoms with van der Waals surface area (Å²) in [7, 11) is 0. The van der Waals surface area contributed by atoms with Crippen LogP contribution in [0, 0.1) is 12.3 Å². The van der Waals surface area contributed by atoms with E-state index in [1.165, 1.54) is 11.1 Å². The standard InChI is InChI=1S/C18H23N3.HI/c1-3-12-20-18(19-4-2)21-13-10-17(11-14-21)15-16-8-6-5-7-9-16;/h1,5-9,15H,4,10-14H2,2H3,(H,19,20);1H. The predicted octanol–water partition coefficient (Wildman–Crippen LogP) is 3.38. The molecule has 0 atom stereocenters. The van der Waals surface area contributed by atoms with Crippen LogP contribution in [0.5, 0.6) is 0 Å². The summed E-state index contributed by atoms with van der Waals surface area (Å²) in [6.45, 7) is 5.37. The number of likely N-dealkylation sites (tertiary alicyclic amines) is 1. The molecule has 0 spiro atoms. The number of piperidine rings is 1. The zero-order valence-corrected chi connectivity index (χ0v) is 15.4. The van der Waals surface area contributed by atoms with Gasteiger partial charge in [0.05, 0.1) is 0 Å². The molecule has 1 N–H and O–H groups in total. The van der Waals surface area contributed by atoms with Gasteiger partial charge in [0.1, 0.15) is 6.54 Å². The molecule has 2 rings (SSSR count). The number of terminal acetylenes is 1. The maximum Gasteiger partial charge on any atom is 0.194 e. The van der Waals surface area contributed by atoms with Crippen LogP contribution < -0.4 is 5.32 Å². The fourth-order valence-corrected chi connectivity index (χ4v) is 2.48. The van der Waals surface area contributed by atoms with E-state index in [1.54, 1.807) is 0 Å². The topological polar surface area (TPSA) is 27.6 Å². The Kier molecular flexibility index (Phi) is 8.68. The highest BCUT2D eigenvalue weighted by Gasteiger charge is 2.16. The van der Waals surface area contributed by atoms with Crippen molar-refractivity contribution in [1.82, 2.24) is 10.2 Å². The smallest absolute Gasteiger partial charge is 0.194 e. The van der Waals surface area contributed by atoms with Crippen molar-refractivity contribution in [3.05, 3.63) is 41.5 Å². The van der Waals surface area contributed by atoms with E-state index in [2.05, 4.69) is 64.5 Å². The summed E-state index contributed by atoms with van der Waals surface area (Å²) >= 11 is 0. The number of hydrogen-bond acceptors (Lipinski definition) is 1. The van der Waals surface area contributed by atoms with Crippen LogP contribution in [0.15, 0.2) is 40.9 Å². The third-order valence-corrected chi connectivity index (χ3v) is 3.53. The number of benzene rings is 1. The molecule has 1 fully saturated rings. The van der Waals surface area contributed by atoms with Gasteiger partial charge in [-0.25, -0.2) is 4.99 Å². The number of hydrogen-bond donors (Lipinski definition) is 1. The van der Waals surface area contributed by atoms with Crippen LogP contribution >= 0.6 is 24.0 Å². The van der Waals surface area contributed by atoms with Crippen molar-refractivity contribution in [3.63, 3.8) is 0 Å². The maximum absolute atomic E-state index is 5.30. The van der Waals surface area contributed by atoms with Gasteiger partial charge in [0.2, 0.25) is 0 Å². The van der Waals surface area contributed by atoms with Crippen molar-refractivity contribution < 1.29 is 0 Å². The minimum atomic E-state index is 0. The summed E-state index contributed by atoms with van der Waals surface area (Å²) in [5.41, 5.74) is 2.79. The molecule has 1 aliphatic rings. The lowest BCUT2D eigenvalue weighted by Gasteiger charge is -2.31. The van der Waals surface area contributed by atoms with Gasteiger partial charge in [0.25, 0.3) is 0 Å². The minimum absolute atomic E-state index is 0. The van der Waals surface area contributed by atoms with Crippen LogP contribution in [0.25, 0.3) is 6.08 Å². The number of guanidine groups is 1. The van der Waals surface area contributed by atoms with Crippen LogP contribution in [0.2, 0.25) is 0 Å². The first-order valence-corrected chi connectivity index (χ1v) is 7.54. The van der Waals surface area contributed by atoms with E-state index in [-0.39, 0.29) is 24.0 Å². The lowest BCUT2D eigenvalue weighted by molar-refractivity contribution is 0.376. The van der Waals surface area contributed by atoms with Crippen LogP contribution in [0.4, 0.5) is 0 Å². The van der Waals surface area contributed by atoms with E-state index in [9.17, 15) is 0 Å². The van der Waals surface area contributed by atoms with E-state index in [0.29, 0.717) is 6.54 Å². The molecule has 0 aliphatic carbocycles. The summed E-state index contributed by atoms with van der Waals surface area (Å²) in [5.74, 6) is 3.51. The van der Waals surface area contributed by atoms with Gasteiger partial charge < -0.3 is 10.2 Å². The number of aliphatic imine (C=N–C) groups is 1. The first kappa shape index (κ1) is 18.6. The van der Waals surface area contributed by atoms with Gasteiger partial charge in [-0.1, -0.05) is 47.9 Å². The predicted molar refractivity (Wildman–Crippen MR) is 105 cm³/mol.